The second-order valence-corrected chi connectivity index (χ2v) is 9.76. The molecule has 128 valence electrons. The Morgan fingerprint density at radius 2 is 1.61 bits per heavy atom. The van der Waals surface area contributed by atoms with Crippen LogP contribution < -0.4 is 0 Å². The zero-order valence-electron chi connectivity index (χ0n) is 14.6. The molecule has 3 fully saturated rings. The van der Waals surface area contributed by atoms with Crippen molar-refractivity contribution in [1.82, 2.24) is 0 Å². The van der Waals surface area contributed by atoms with Gasteiger partial charge in [0.05, 0.1) is 5.41 Å². The van der Waals surface area contributed by atoms with Gasteiger partial charge in [-0.3, -0.25) is 14.4 Å². The van der Waals surface area contributed by atoms with Gasteiger partial charge in [-0.2, -0.15) is 0 Å². The summed E-state index contributed by atoms with van der Waals surface area (Å²) in [5.41, 5.74) is -4.08. The number of fused-ring (bicyclic) bond motifs is 3. The third-order valence-corrected chi connectivity index (χ3v) is 6.14. The van der Waals surface area contributed by atoms with Crippen molar-refractivity contribution >= 4 is 17.7 Å². The number of Topliss-reactive ketones (excluding diaryl/α,β-unsaturated/α-hetero) is 1. The molecule has 0 aromatic carbocycles. The van der Waals surface area contributed by atoms with Crippen molar-refractivity contribution in [2.75, 3.05) is 0 Å². The topological polar surface area (TPSA) is 80.7 Å². The van der Waals surface area contributed by atoms with E-state index in [1.807, 2.05) is 20.8 Å². The summed E-state index contributed by atoms with van der Waals surface area (Å²) in [5, 5.41) is 10.1. The molecule has 3 aliphatic rings. The van der Waals surface area contributed by atoms with Gasteiger partial charge >= 0.3 is 11.9 Å². The minimum atomic E-state index is -1.60. The third-order valence-electron chi connectivity index (χ3n) is 6.14. The number of hydrogen-bond donors (Lipinski definition) is 1. The Morgan fingerprint density at radius 1 is 1.00 bits per heavy atom. The molecule has 3 rings (SSSR count). The smallest absolute Gasteiger partial charge is 0.321 e. The number of ether oxygens (including phenoxy) is 1. The van der Waals surface area contributed by atoms with Crippen LogP contribution in [-0.4, -0.2) is 28.4 Å². The molecule has 0 unspecified atom stereocenters. The highest BCUT2D eigenvalue weighted by molar-refractivity contribution is 6.06. The van der Waals surface area contributed by atoms with Gasteiger partial charge in [0.25, 0.3) is 0 Å². The second kappa shape index (κ2) is 4.17. The van der Waals surface area contributed by atoms with Gasteiger partial charge in [0, 0.05) is 12.8 Å². The van der Waals surface area contributed by atoms with Crippen LogP contribution in [0.1, 0.15) is 66.7 Å². The Kier molecular flexibility index (Phi) is 2.98. The first kappa shape index (κ1) is 16.5. The van der Waals surface area contributed by atoms with E-state index in [4.69, 9.17) is 4.74 Å². The largest absolute Gasteiger partial charge is 0.480 e. The molecule has 1 saturated heterocycles. The van der Waals surface area contributed by atoms with Gasteiger partial charge in [0.1, 0.15) is 5.60 Å². The summed E-state index contributed by atoms with van der Waals surface area (Å²) in [6, 6.07) is 0. The first-order chi connectivity index (χ1) is 10.3. The first-order valence-electron chi connectivity index (χ1n) is 8.28. The summed E-state index contributed by atoms with van der Waals surface area (Å²) in [6.45, 7) is 9.62. The van der Waals surface area contributed by atoms with E-state index in [1.54, 1.807) is 13.8 Å². The summed E-state index contributed by atoms with van der Waals surface area (Å²) in [4.78, 5) is 37.7. The molecule has 0 radical (unpaired) electrons. The van der Waals surface area contributed by atoms with E-state index < -0.39 is 22.4 Å². The molecule has 2 saturated carbocycles. The van der Waals surface area contributed by atoms with Crippen LogP contribution in [0.3, 0.4) is 0 Å². The maximum Gasteiger partial charge on any atom is 0.321 e. The Morgan fingerprint density at radius 3 is 2.09 bits per heavy atom. The molecule has 2 bridgehead atoms. The Labute approximate surface area is 136 Å². The van der Waals surface area contributed by atoms with Crippen molar-refractivity contribution in [3.8, 4) is 0 Å². The minimum Gasteiger partial charge on any atom is -0.480 e. The SMILES string of the molecule is CC1(C)CC(=O)[C@@]2(C(=O)O)C[C@@](C)(C1)C[C@@]21CC(C)(C)C(=O)O1. The van der Waals surface area contributed by atoms with Crippen LogP contribution in [0.15, 0.2) is 0 Å². The summed E-state index contributed by atoms with van der Waals surface area (Å²) in [6.07, 6.45) is 2.00. The average Bonchev–Trinajstić information content (AvgIpc) is 2.64. The molecular formula is C18H26O5. The molecule has 1 aliphatic heterocycles. The van der Waals surface area contributed by atoms with Crippen LogP contribution in [0, 0.1) is 21.7 Å². The van der Waals surface area contributed by atoms with E-state index in [0.29, 0.717) is 12.8 Å². The highest BCUT2D eigenvalue weighted by atomic mass is 16.6. The van der Waals surface area contributed by atoms with E-state index in [0.717, 1.165) is 6.42 Å². The molecule has 23 heavy (non-hydrogen) atoms. The van der Waals surface area contributed by atoms with E-state index in [9.17, 15) is 19.5 Å². The molecule has 0 aromatic heterocycles. The normalized spacial score (nSPS) is 44.2. The zero-order valence-corrected chi connectivity index (χ0v) is 14.6. The standard InChI is InChI=1S/C18H26O5/c1-14(2)6-11(19)18(12(20)21)10-16(5,7-14)9-17(18)8-15(3,4)13(22)23-17/h6-10H2,1-5H3,(H,20,21)/t16-,17-,18+/m0/s1. The average molecular weight is 322 g/mol. The molecule has 3 atom stereocenters. The number of rotatable bonds is 1. The van der Waals surface area contributed by atoms with Crippen molar-refractivity contribution in [2.45, 2.75) is 72.3 Å². The number of carbonyl (C=O) groups excluding carboxylic acids is 2. The van der Waals surface area contributed by atoms with Crippen LogP contribution in [-0.2, 0) is 19.1 Å². The van der Waals surface area contributed by atoms with Crippen molar-refractivity contribution in [2.24, 2.45) is 21.7 Å². The summed E-state index contributed by atoms with van der Waals surface area (Å²) >= 11 is 0. The number of hydrogen-bond acceptors (Lipinski definition) is 4. The van der Waals surface area contributed by atoms with Crippen molar-refractivity contribution in [1.29, 1.82) is 0 Å². The van der Waals surface area contributed by atoms with Gasteiger partial charge in [0.2, 0.25) is 0 Å². The Hall–Kier alpha value is -1.39. The molecule has 0 amide bonds. The highest BCUT2D eigenvalue weighted by Crippen LogP contribution is 2.68. The van der Waals surface area contributed by atoms with Crippen molar-refractivity contribution in [3.05, 3.63) is 0 Å². The number of carbonyl (C=O) groups is 3. The van der Waals surface area contributed by atoms with Crippen LogP contribution in [0.25, 0.3) is 0 Å². The predicted molar refractivity (Wildman–Crippen MR) is 82.7 cm³/mol. The van der Waals surface area contributed by atoms with Crippen molar-refractivity contribution < 1.29 is 24.2 Å². The lowest BCUT2D eigenvalue weighted by Crippen LogP contribution is -2.55. The molecule has 1 N–H and O–H groups in total. The van der Waals surface area contributed by atoms with E-state index in [1.165, 1.54) is 0 Å². The van der Waals surface area contributed by atoms with Crippen LogP contribution in [0.4, 0.5) is 0 Å². The number of esters is 1. The van der Waals surface area contributed by atoms with E-state index in [-0.39, 0.29) is 35.4 Å². The van der Waals surface area contributed by atoms with Gasteiger partial charge in [-0.15, -0.1) is 0 Å². The van der Waals surface area contributed by atoms with Crippen LogP contribution in [0.5, 0.6) is 0 Å². The fraction of sp³-hybridized carbons (Fsp3) is 0.833. The molecular weight excluding hydrogens is 296 g/mol. The molecule has 2 aliphatic carbocycles. The van der Waals surface area contributed by atoms with Crippen LogP contribution >= 0.6 is 0 Å². The number of aliphatic carboxylic acids is 1. The maximum absolute atomic E-state index is 13.1. The lowest BCUT2D eigenvalue weighted by Gasteiger charge is -2.41. The maximum atomic E-state index is 13.1. The zero-order chi connectivity index (χ0) is 17.5. The second-order valence-electron chi connectivity index (χ2n) is 9.76. The van der Waals surface area contributed by atoms with Crippen molar-refractivity contribution in [3.63, 3.8) is 0 Å². The fourth-order valence-electron chi connectivity index (χ4n) is 5.85. The first-order valence-corrected chi connectivity index (χ1v) is 8.28. The monoisotopic (exact) mass is 322 g/mol. The van der Waals surface area contributed by atoms with Crippen LogP contribution in [0.2, 0.25) is 0 Å². The van der Waals surface area contributed by atoms with E-state index >= 15 is 0 Å². The molecule has 5 nitrogen and oxygen atoms in total. The van der Waals surface area contributed by atoms with Gasteiger partial charge in [-0.05, 0) is 43.9 Å². The number of ketones is 1. The van der Waals surface area contributed by atoms with Gasteiger partial charge in [-0.1, -0.05) is 20.8 Å². The highest BCUT2D eigenvalue weighted by Gasteiger charge is 2.76. The molecule has 1 spiro atoms. The fourth-order valence-corrected chi connectivity index (χ4v) is 5.85. The lowest BCUT2D eigenvalue weighted by atomic mass is 9.63. The summed E-state index contributed by atoms with van der Waals surface area (Å²) < 4.78 is 5.72. The molecule has 1 heterocycles. The lowest BCUT2D eigenvalue weighted by molar-refractivity contribution is -0.178. The van der Waals surface area contributed by atoms with E-state index in [2.05, 4.69) is 0 Å². The predicted octanol–water partition coefficient (Wildman–Crippen LogP) is 2.96. The van der Waals surface area contributed by atoms with Gasteiger partial charge in [0.15, 0.2) is 11.2 Å². The van der Waals surface area contributed by atoms with Gasteiger partial charge in [-0.25, -0.2) is 0 Å². The number of carboxylic acid groups (broad SMARTS) is 1. The Balaban J connectivity index is 2.20. The third kappa shape index (κ3) is 2.01. The summed E-state index contributed by atoms with van der Waals surface area (Å²) in [7, 11) is 0. The summed E-state index contributed by atoms with van der Waals surface area (Å²) in [5.74, 6) is -1.80. The van der Waals surface area contributed by atoms with Gasteiger partial charge < -0.3 is 9.84 Å². The molecule has 5 heteroatoms. The minimum absolute atomic E-state index is 0.217. The molecule has 0 aromatic rings. The Bertz CT molecular complexity index is 619. The quantitative estimate of drug-likeness (QED) is 0.593. The number of carboxylic acids is 1.